The summed E-state index contributed by atoms with van der Waals surface area (Å²) in [6.45, 7) is 4.68. The highest BCUT2D eigenvalue weighted by molar-refractivity contribution is 7.14. The van der Waals surface area contributed by atoms with Crippen molar-refractivity contribution >= 4 is 22.7 Å². The molecular formula is C41H38O2S2. The summed E-state index contributed by atoms with van der Waals surface area (Å²) >= 11 is 3.66. The number of hydrogen-bond donors (Lipinski definition) is 0. The number of thiophene rings is 2. The quantitative estimate of drug-likeness (QED) is 0.151. The average molecular weight is 627 g/mol. The Morgan fingerprint density at radius 2 is 0.889 bits per heavy atom. The topological polar surface area (TPSA) is 18.5 Å². The molecule has 226 valence electrons. The molecule has 6 aromatic rings. The van der Waals surface area contributed by atoms with Gasteiger partial charge in [0.05, 0.1) is 14.2 Å². The third-order valence-corrected chi connectivity index (χ3v) is 11.3. The zero-order chi connectivity index (χ0) is 31.0. The number of hydrogen-bond acceptors (Lipinski definition) is 4. The lowest BCUT2D eigenvalue weighted by Gasteiger charge is -2.32. The van der Waals surface area contributed by atoms with E-state index in [1.54, 1.807) is 14.2 Å². The first kappa shape index (κ1) is 29.6. The smallest absolute Gasteiger partial charge is 0.118 e. The van der Waals surface area contributed by atoms with Gasteiger partial charge in [0.1, 0.15) is 11.5 Å². The Hall–Kier alpha value is -4.12. The van der Waals surface area contributed by atoms with Crippen LogP contribution in [0.15, 0.2) is 108 Å². The normalized spacial score (nSPS) is 13.0. The van der Waals surface area contributed by atoms with Crippen molar-refractivity contribution in [1.82, 2.24) is 0 Å². The van der Waals surface area contributed by atoms with Crippen molar-refractivity contribution in [2.45, 2.75) is 44.9 Å². The van der Waals surface area contributed by atoms with Gasteiger partial charge in [0, 0.05) is 26.3 Å². The van der Waals surface area contributed by atoms with Crippen molar-refractivity contribution in [2.24, 2.45) is 0 Å². The fourth-order valence-corrected chi connectivity index (χ4v) is 9.19. The summed E-state index contributed by atoms with van der Waals surface area (Å²) in [6, 6.07) is 35.9. The van der Waals surface area contributed by atoms with E-state index in [9.17, 15) is 0 Å². The van der Waals surface area contributed by atoms with E-state index >= 15 is 0 Å². The van der Waals surface area contributed by atoms with Crippen molar-refractivity contribution in [3.63, 3.8) is 0 Å². The molecule has 0 saturated heterocycles. The maximum atomic E-state index is 5.42. The van der Waals surface area contributed by atoms with Crippen molar-refractivity contribution in [1.29, 1.82) is 0 Å². The van der Waals surface area contributed by atoms with Gasteiger partial charge in [-0.25, -0.2) is 0 Å². The minimum Gasteiger partial charge on any atom is -0.497 e. The van der Waals surface area contributed by atoms with E-state index < -0.39 is 0 Å². The molecule has 45 heavy (non-hydrogen) atoms. The molecule has 0 radical (unpaired) electrons. The van der Waals surface area contributed by atoms with Crippen LogP contribution in [-0.2, 0) is 5.41 Å². The van der Waals surface area contributed by atoms with E-state index in [0.717, 1.165) is 37.2 Å². The third kappa shape index (κ3) is 5.10. The Kier molecular flexibility index (Phi) is 8.12. The molecule has 4 heteroatoms. The molecule has 2 nitrogen and oxygen atoms in total. The van der Waals surface area contributed by atoms with Gasteiger partial charge in [-0.05, 0) is 117 Å². The Bertz CT molecular complexity index is 1800. The van der Waals surface area contributed by atoms with E-state index in [4.69, 9.17) is 9.47 Å². The Labute approximate surface area is 275 Å². The van der Waals surface area contributed by atoms with Gasteiger partial charge >= 0.3 is 0 Å². The van der Waals surface area contributed by atoms with Crippen molar-refractivity contribution in [3.05, 3.63) is 119 Å². The van der Waals surface area contributed by atoms with Gasteiger partial charge in [-0.2, -0.15) is 0 Å². The second kappa shape index (κ2) is 12.3. The van der Waals surface area contributed by atoms with Crippen LogP contribution in [0.3, 0.4) is 0 Å². The predicted molar refractivity (Wildman–Crippen MR) is 193 cm³/mol. The first-order valence-electron chi connectivity index (χ1n) is 15.8. The second-order valence-corrected chi connectivity index (χ2v) is 13.7. The number of fused-ring (bicyclic) bond motifs is 3. The minimum atomic E-state index is -0.00470. The van der Waals surface area contributed by atoms with Gasteiger partial charge in [0.15, 0.2) is 0 Å². The van der Waals surface area contributed by atoms with Gasteiger partial charge in [-0.15, -0.1) is 22.7 Å². The van der Waals surface area contributed by atoms with E-state index in [0.29, 0.717) is 0 Å². The lowest BCUT2D eigenvalue weighted by atomic mass is 9.71. The number of rotatable bonds is 10. The third-order valence-electron chi connectivity index (χ3n) is 9.37. The number of ether oxygens (including phenoxy) is 2. The van der Waals surface area contributed by atoms with Crippen LogP contribution in [0.5, 0.6) is 11.5 Å². The second-order valence-electron chi connectivity index (χ2n) is 11.9. The Balaban J connectivity index is 1.33. The fraction of sp³-hybridized carbons (Fsp3) is 0.220. The maximum absolute atomic E-state index is 5.42. The zero-order valence-corrected chi connectivity index (χ0v) is 28.0. The van der Waals surface area contributed by atoms with Crippen LogP contribution in [0.25, 0.3) is 54.3 Å². The van der Waals surface area contributed by atoms with Crippen LogP contribution >= 0.6 is 22.7 Å². The van der Waals surface area contributed by atoms with Gasteiger partial charge in [-0.1, -0.05) is 75.2 Å². The largest absolute Gasteiger partial charge is 0.497 e. The van der Waals surface area contributed by atoms with Crippen LogP contribution in [-0.4, -0.2) is 14.2 Å². The number of benzene rings is 4. The summed E-state index contributed by atoms with van der Waals surface area (Å²) < 4.78 is 10.8. The summed E-state index contributed by atoms with van der Waals surface area (Å²) in [6.07, 6.45) is 4.55. The van der Waals surface area contributed by atoms with Crippen LogP contribution < -0.4 is 9.47 Å². The predicted octanol–water partition coefficient (Wildman–Crippen LogP) is 12.4. The zero-order valence-electron chi connectivity index (χ0n) is 26.4. The van der Waals surface area contributed by atoms with E-state index in [1.165, 1.54) is 65.4 Å². The van der Waals surface area contributed by atoms with Crippen LogP contribution in [0.2, 0.25) is 0 Å². The molecular weight excluding hydrogens is 589 g/mol. The molecule has 1 aliphatic rings. The molecule has 0 N–H and O–H groups in total. The van der Waals surface area contributed by atoms with Crippen molar-refractivity contribution < 1.29 is 9.47 Å². The maximum Gasteiger partial charge on any atom is 0.118 e. The molecule has 0 aliphatic heterocycles. The molecule has 0 bridgehead atoms. The molecule has 2 aromatic heterocycles. The molecule has 0 atom stereocenters. The Morgan fingerprint density at radius 1 is 0.489 bits per heavy atom. The van der Waals surface area contributed by atoms with Crippen LogP contribution in [0, 0.1) is 0 Å². The lowest BCUT2D eigenvalue weighted by molar-refractivity contribution is 0.415. The van der Waals surface area contributed by atoms with Crippen LogP contribution in [0.1, 0.15) is 50.7 Å². The first-order valence-corrected chi connectivity index (χ1v) is 17.6. The van der Waals surface area contributed by atoms with E-state index in [-0.39, 0.29) is 5.41 Å². The molecule has 0 spiro atoms. The van der Waals surface area contributed by atoms with Crippen molar-refractivity contribution in [3.8, 4) is 65.8 Å². The van der Waals surface area contributed by atoms with Gasteiger partial charge in [0.25, 0.3) is 0 Å². The molecule has 0 unspecified atom stereocenters. The minimum absolute atomic E-state index is 0.00470. The van der Waals surface area contributed by atoms with Gasteiger partial charge in [-0.3, -0.25) is 0 Å². The SMILES string of the molecule is CCCC1(CCC)c2cc(-c3sccc3-c3ccc(OC)cc3)ccc2-c2ccc(-c3sccc3-c3ccc(OC)cc3)cc21. The summed E-state index contributed by atoms with van der Waals surface area (Å²) in [5.74, 6) is 1.76. The van der Waals surface area contributed by atoms with Gasteiger partial charge < -0.3 is 9.47 Å². The molecule has 0 fully saturated rings. The summed E-state index contributed by atoms with van der Waals surface area (Å²) in [4.78, 5) is 2.65. The standard InChI is InChI=1S/C41H38O2S2/c1-5-21-41(22-6-2)37-25-29(39-33(19-23-44-39)27-7-13-31(42-3)14-8-27)11-17-35(37)36-18-12-30(26-38(36)41)40-34(20-24-45-40)28-9-15-32(43-4)16-10-28/h7-20,23-26H,5-6,21-22H2,1-4H3. The molecule has 1 aliphatic carbocycles. The highest BCUT2D eigenvalue weighted by Gasteiger charge is 2.42. The van der Waals surface area contributed by atoms with Crippen LogP contribution in [0.4, 0.5) is 0 Å². The molecule has 0 amide bonds. The number of methoxy groups -OCH3 is 2. The highest BCUT2D eigenvalue weighted by Crippen LogP contribution is 2.56. The summed E-state index contributed by atoms with van der Waals surface area (Å²) in [5, 5.41) is 4.44. The fourth-order valence-electron chi connectivity index (χ4n) is 7.36. The van der Waals surface area contributed by atoms with Gasteiger partial charge in [0.2, 0.25) is 0 Å². The lowest BCUT2D eigenvalue weighted by Crippen LogP contribution is -2.25. The molecule has 0 saturated carbocycles. The highest BCUT2D eigenvalue weighted by atomic mass is 32.1. The van der Waals surface area contributed by atoms with E-state index in [2.05, 4.69) is 122 Å². The monoisotopic (exact) mass is 626 g/mol. The summed E-state index contributed by atoms with van der Waals surface area (Å²) in [5.41, 5.74) is 13.4. The molecule has 4 aromatic carbocycles. The van der Waals surface area contributed by atoms with E-state index in [1.807, 2.05) is 22.7 Å². The average Bonchev–Trinajstić information content (AvgIpc) is 3.83. The first-order chi connectivity index (χ1) is 22.1. The summed E-state index contributed by atoms with van der Waals surface area (Å²) in [7, 11) is 3.44. The van der Waals surface area contributed by atoms with Crippen molar-refractivity contribution in [2.75, 3.05) is 14.2 Å². The molecule has 7 rings (SSSR count). The Morgan fingerprint density at radius 3 is 1.27 bits per heavy atom. The molecule has 2 heterocycles.